The molecule has 0 aromatic heterocycles. The predicted octanol–water partition coefficient (Wildman–Crippen LogP) is 4.08. The number of halogens is 2. The van der Waals surface area contributed by atoms with Crippen LogP contribution in [0.5, 0.6) is 0 Å². The average Bonchev–Trinajstić information content (AvgIpc) is 2.69. The second kappa shape index (κ2) is 8.97. The molecule has 1 heterocycles. The van der Waals surface area contributed by atoms with E-state index in [1.807, 2.05) is 19.1 Å². The molecule has 1 amide bonds. The predicted molar refractivity (Wildman–Crippen MR) is 106 cm³/mol. The maximum Gasteiger partial charge on any atom is 0.244 e. The second-order valence-electron chi connectivity index (χ2n) is 6.96. The summed E-state index contributed by atoms with van der Waals surface area (Å²) in [5.41, 5.74) is 2.52. The van der Waals surface area contributed by atoms with Crippen molar-refractivity contribution in [1.82, 2.24) is 5.32 Å². The smallest absolute Gasteiger partial charge is 0.244 e. The van der Waals surface area contributed by atoms with Crippen molar-refractivity contribution in [3.8, 4) is 0 Å². The van der Waals surface area contributed by atoms with E-state index in [4.69, 9.17) is 4.74 Å². The van der Waals surface area contributed by atoms with Gasteiger partial charge in [-0.2, -0.15) is 0 Å². The highest BCUT2D eigenvalue weighted by molar-refractivity contribution is 5.92. The number of hydrogen-bond acceptors (Lipinski definition) is 3. The Kier molecular flexibility index (Phi) is 6.41. The van der Waals surface area contributed by atoms with E-state index in [2.05, 4.69) is 29.3 Å². The van der Waals surface area contributed by atoms with E-state index in [9.17, 15) is 13.6 Å². The van der Waals surface area contributed by atoms with Crippen LogP contribution in [-0.4, -0.2) is 31.7 Å². The molecular formula is C22H24F2N2O2. The van der Waals surface area contributed by atoms with Crippen molar-refractivity contribution >= 4 is 17.7 Å². The van der Waals surface area contributed by atoms with Crippen LogP contribution < -0.4 is 10.2 Å². The lowest BCUT2D eigenvalue weighted by Crippen LogP contribution is -2.41. The number of nitrogens with zero attached hydrogens (tertiary/aromatic N) is 1. The van der Waals surface area contributed by atoms with Gasteiger partial charge in [-0.15, -0.1) is 0 Å². The molecule has 2 aromatic rings. The van der Waals surface area contributed by atoms with Gasteiger partial charge in [0.15, 0.2) is 11.6 Å². The summed E-state index contributed by atoms with van der Waals surface area (Å²) < 4.78 is 31.8. The molecule has 6 heteroatoms. The Bertz CT molecular complexity index is 869. The monoisotopic (exact) mass is 386 g/mol. The van der Waals surface area contributed by atoms with Gasteiger partial charge in [-0.05, 0) is 55.3 Å². The first-order valence-electron chi connectivity index (χ1n) is 9.32. The first kappa shape index (κ1) is 20.0. The molecule has 1 aliphatic heterocycles. The number of anilines is 1. The molecule has 4 nitrogen and oxygen atoms in total. The van der Waals surface area contributed by atoms with Crippen LogP contribution in [0, 0.1) is 11.6 Å². The fraction of sp³-hybridized carbons (Fsp3) is 0.318. The number of carbonyl (C=O) groups is 1. The van der Waals surface area contributed by atoms with Gasteiger partial charge in [-0.1, -0.05) is 18.2 Å². The molecule has 1 fully saturated rings. The van der Waals surface area contributed by atoms with Crippen molar-refractivity contribution in [2.45, 2.75) is 26.0 Å². The zero-order valence-corrected chi connectivity index (χ0v) is 16.0. The fourth-order valence-corrected chi connectivity index (χ4v) is 3.18. The lowest BCUT2D eigenvalue weighted by atomic mass is 10.1. The first-order chi connectivity index (χ1) is 13.4. The number of amides is 1. The van der Waals surface area contributed by atoms with Crippen LogP contribution in [0.3, 0.4) is 0 Å². The van der Waals surface area contributed by atoms with E-state index in [0.717, 1.165) is 36.5 Å². The van der Waals surface area contributed by atoms with Gasteiger partial charge in [0.1, 0.15) is 0 Å². The number of nitrogens with one attached hydrogen (secondary N) is 1. The number of ether oxygens (including phenoxy) is 1. The molecule has 2 aromatic carbocycles. The zero-order chi connectivity index (χ0) is 20.1. The fourth-order valence-electron chi connectivity index (χ4n) is 3.18. The second-order valence-corrected chi connectivity index (χ2v) is 6.96. The topological polar surface area (TPSA) is 41.6 Å². The van der Waals surface area contributed by atoms with Gasteiger partial charge in [-0.3, -0.25) is 4.79 Å². The first-order valence-corrected chi connectivity index (χ1v) is 9.32. The molecule has 0 bridgehead atoms. The van der Waals surface area contributed by atoms with Crippen molar-refractivity contribution < 1.29 is 18.3 Å². The molecule has 28 heavy (non-hydrogen) atoms. The highest BCUT2D eigenvalue weighted by Gasteiger charge is 2.18. The molecule has 0 spiro atoms. The van der Waals surface area contributed by atoms with Crippen LogP contribution in [0.15, 0.2) is 48.5 Å². The number of benzene rings is 2. The molecule has 1 saturated heterocycles. The molecule has 0 aliphatic carbocycles. The number of carbonyl (C=O) groups excluding carboxylic acids is 1. The minimum Gasteiger partial charge on any atom is -0.375 e. The standard InChI is InChI=1S/C22H24F2N2O2/c1-15-14-26(10-11-28-15)19-5-3-4-18(13-19)16(2)25-22(27)9-7-17-6-8-20(23)21(24)12-17/h3-9,12-13,15-16H,10-11,14H2,1-2H3,(H,25,27)/t15?,16-/m0/s1. The van der Waals surface area contributed by atoms with E-state index >= 15 is 0 Å². The van der Waals surface area contributed by atoms with Crippen molar-refractivity contribution in [1.29, 1.82) is 0 Å². The molecule has 0 saturated carbocycles. The molecule has 3 rings (SSSR count). The third-order valence-corrected chi connectivity index (χ3v) is 4.71. The molecule has 148 valence electrons. The third-order valence-electron chi connectivity index (χ3n) is 4.71. The summed E-state index contributed by atoms with van der Waals surface area (Å²) in [6.45, 7) is 6.33. The van der Waals surface area contributed by atoms with Crippen LogP contribution in [-0.2, 0) is 9.53 Å². The maximum absolute atomic E-state index is 13.2. The van der Waals surface area contributed by atoms with Crippen LogP contribution in [0.2, 0.25) is 0 Å². The summed E-state index contributed by atoms with van der Waals surface area (Å²) >= 11 is 0. The summed E-state index contributed by atoms with van der Waals surface area (Å²) in [7, 11) is 0. The van der Waals surface area contributed by atoms with Gasteiger partial charge >= 0.3 is 0 Å². The van der Waals surface area contributed by atoms with E-state index in [0.29, 0.717) is 12.2 Å². The quantitative estimate of drug-likeness (QED) is 0.788. The normalized spacial score (nSPS) is 18.3. The molecule has 1 unspecified atom stereocenters. The Hall–Kier alpha value is -2.73. The van der Waals surface area contributed by atoms with Crippen LogP contribution >= 0.6 is 0 Å². The van der Waals surface area contributed by atoms with Gasteiger partial charge in [0.05, 0.1) is 18.8 Å². The largest absolute Gasteiger partial charge is 0.375 e. The maximum atomic E-state index is 13.2. The Morgan fingerprint density at radius 2 is 2.07 bits per heavy atom. The Balaban J connectivity index is 1.63. The van der Waals surface area contributed by atoms with Crippen LogP contribution in [0.1, 0.15) is 31.0 Å². The number of rotatable bonds is 5. The van der Waals surface area contributed by atoms with E-state index in [-0.39, 0.29) is 18.1 Å². The van der Waals surface area contributed by atoms with Crippen molar-refractivity contribution in [3.63, 3.8) is 0 Å². The third kappa shape index (κ3) is 5.16. The van der Waals surface area contributed by atoms with Crippen molar-refractivity contribution in [2.24, 2.45) is 0 Å². The minimum absolute atomic E-state index is 0.191. The number of morpholine rings is 1. The molecule has 2 atom stereocenters. The highest BCUT2D eigenvalue weighted by Crippen LogP contribution is 2.22. The molecule has 1 aliphatic rings. The van der Waals surface area contributed by atoms with Gasteiger partial charge in [0, 0.05) is 24.9 Å². The molecular weight excluding hydrogens is 362 g/mol. The Morgan fingerprint density at radius 3 is 2.82 bits per heavy atom. The SMILES string of the molecule is CC1CN(c2cccc([C@H](C)NC(=O)C=Cc3ccc(F)c(F)c3)c2)CCO1. The summed E-state index contributed by atoms with van der Waals surface area (Å²) in [6, 6.07) is 11.4. The Morgan fingerprint density at radius 1 is 1.25 bits per heavy atom. The summed E-state index contributed by atoms with van der Waals surface area (Å²) in [4.78, 5) is 14.5. The van der Waals surface area contributed by atoms with Gasteiger partial charge in [0.25, 0.3) is 0 Å². The van der Waals surface area contributed by atoms with Crippen LogP contribution in [0.4, 0.5) is 14.5 Å². The van der Waals surface area contributed by atoms with Crippen LogP contribution in [0.25, 0.3) is 6.08 Å². The molecule has 0 radical (unpaired) electrons. The summed E-state index contributed by atoms with van der Waals surface area (Å²) in [5.74, 6) is -2.16. The van der Waals surface area contributed by atoms with Crippen molar-refractivity contribution in [3.05, 3.63) is 71.3 Å². The zero-order valence-electron chi connectivity index (χ0n) is 16.0. The van der Waals surface area contributed by atoms with Crippen molar-refractivity contribution in [2.75, 3.05) is 24.6 Å². The Labute approximate surface area is 163 Å². The van der Waals surface area contributed by atoms with E-state index < -0.39 is 11.6 Å². The molecule has 1 N–H and O–H groups in total. The van der Waals surface area contributed by atoms with Gasteiger partial charge in [-0.25, -0.2) is 8.78 Å². The van der Waals surface area contributed by atoms with Gasteiger partial charge < -0.3 is 15.0 Å². The number of hydrogen-bond donors (Lipinski definition) is 1. The minimum atomic E-state index is -0.940. The lowest BCUT2D eigenvalue weighted by molar-refractivity contribution is -0.117. The summed E-state index contributed by atoms with van der Waals surface area (Å²) in [6.07, 6.45) is 2.96. The van der Waals surface area contributed by atoms with E-state index in [1.165, 1.54) is 18.2 Å². The highest BCUT2D eigenvalue weighted by atomic mass is 19.2. The van der Waals surface area contributed by atoms with Gasteiger partial charge in [0.2, 0.25) is 5.91 Å². The lowest BCUT2D eigenvalue weighted by Gasteiger charge is -2.33. The average molecular weight is 386 g/mol. The van der Waals surface area contributed by atoms with E-state index in [1.54, 1.807) is 0 Å². The summed E-state index contributed by atoms with van der Waals surface area (Å²) in [5, 5.41) is 2.89.